The molecule has 1 N–H and O–H groups in total. The predicted molar refractivity (Wildman–Crippen MR) is 63.7 cm³/mol. The fourth-order valence-electron chi connectivity index (χ4n) is 1.61. The van der Waals surface area contributed by atoms with Crippen molar-refractivity contribution in [1.82, 2.24) is 9.97 Å². The molecule has 84 valence electrons. The molecule has 0 saturated heterocycles. The van der Waals surface area contributed by atoms with Crippen molar-refractivity contribution in [2.75, 3.05) is 7.05 Å². The summed E-state index contributed by atoms with van der Waals surface area (Å²) in [4.78, 5) is 11.2. The zero-order valence-electron chi connectivity index (χ0n) is 9.58. The van der Waals surface area contributed by atoms with Gasteiger partial charge >= 0.3 is 0 Å². The van der Waals surface area contributed by atoms with Gasteiger partial charge in [0.2, 0.25) is 0 Å². The largest absolute Gasteiger partial charge is 0.339 e. The number of hydrogen-bond acceptors (Lipinski definition) is 2. The first-order chi connectivity index (χ1) is 7.61. The van der Waals surface area contributed by atoms with Crippen LogP contribution in [-0.2, 0) is 0 Å². The molecule has 1 aromatic heterocycles. The number of aliphatic imine (C=N–C) groups is 1. The van der Waals surface area contributed by atoms with Crippen LogP contribution in [0.15, 0.2) is 17.1 Å². The number of fused-ring (bicyclic) bond motifs is 1. The van der Waals surface area contributed by atoms with Crippen molar-refractivity contribution in [1.29, 1.82) is 0 Å². The second-order valence-electron chi connectivity index (χ2n) is 4.06. The average molecular weight is 219 g/mol. The summed E-state index contributed by atoms with van der Waals surface area (Å²) in [6.45, 7) is 4.04. The second-order valence-corrected chi connectivity index (χ2v) is 4.06. The maximum absolute atomic E-state index is 13.7. The first kappa shape index (κ1) is 10.8. The van der Waals surface area contributed by atoms with Gasteiger partial charge in [-0.15, -0.1) is 0 Å². The van der Waals surface area contributed by atoms with Gasteiger partial charge in [-0.05, 0) is 17.7 Å². The van der Waals surface area contributed by atoms with Gasteiger partial charge in [0, 0.05) is 19.2 Å². The average Bonchev–Trinajstić information content (AvgIpc) is 2.62. The minimum atomic E-state index is -0.285. The van der Waals surface area contributed by atoms with Crippen LogP contribution in [0.3, 0.4) is 0 Å². The van der Waals surface area contributed by atoms with Gasteiger partial charge in [-0.1, -0.05) is 13.8 Å². The number of hydrogen-bond donors (Lipinski definition) is 1. The topological polar surface area (TPSA) is 41.0 Å². The summed E-state index contributed by atoms with van der Waals surface area (Å²) in [5.41, 5.74) is 1.85. The van der Waals surface area contributed by atoms with Crippen LogP contribution >= 0.6 is 0 Å². The van der Waals surface area contributed by atoms with Crippen LogP contribution in [0, 0.1) is 5.82 Å². The molecule has 0 saturated carbocycles. The maximum atomic E-state index is 13.7. The fourth-order valence-corrected chi connectivity index (χ4v) is 1.61. The molecule has 0 spiro atoms. The molecule has 0 radical (unpaired) electrons. The summed E-state index contributed by atoms with van der Waals surface area (Å²) in [6, 6.07) is 3.28. The van der Waals surface area contributed by atoms with Gasteiger partial charge in [-0.25, -0.2) is 9.37 Å². The van der Waals surface area contributed by atoms with E-state index >= 15 is 0 Å². The predicted octanol–water partition coefficient (Wildman–Crippen LogP) is 2.87. The highest BCUT2D eigenvalue weighted by Gasteiger charge is 2.10. The van der Waals surface area contributed by atoms with Crippen LogP contribution < -0.4 is 0 Å². The van der Waals surface area contributed by atoms with Gasteiger partial charge in [0.1, 0.15) is 17.2 Å². The van der Waals surface area contributed by atoms with Crippen LogP contribution in [0.5, 0.6) is 0 Å². The van der Waals surface area contributed by atoms with E-state index in [1.165, 1.54) is 6.07 Å². The van der Waals surface area contributed by atoms with Crippen molar-refractivity contribution in [3.63, 3.8) is 0 Å². The maximum Gasteiger partial charge on any atom is 0.149 e. The van der Waals surface area contributed by atoms with Crippen molar-refractivity contribution >= 4 is 17.2 Å². The van der Waals surface area contributed by atoms with E-state index in [0.29, 0.717) is 11.0 Å². The smallest absolute Gasteiger partial charge is 0.149 e. The minimum Gasteiger partial charge on any atom is -0.339 e. The molecule has 0 unspecified atom stereocenters. The van der Waals surface area contributed by atoms with E-state index < -0.39 is 0 Å². The summed E-state index contributed by atoms with van der Waals surface area (Å²) < 4.78 is 13.7. The Kier molecular flexibility index (Phi) is 2.73. The SMILES string of the molecule is C/N=C/c1cc(F)c2[nH]c(C(C)C)nc2c1. The molecule has 0 amide bonds. The van der Waals surface area contributed by atoms with E-state index in [1.807, 2.05) is 19.9 Å². The molecule has 1 heterocycles. The highest BCUT2D eigenvalue weighted by atomic mass is 19.1. The Morgan fingerprint density at radius 3 is 2.81 bits per heavy atom. The van der Waals surface area contributed by atoms with Crippen LogP contribution in [0.25, 0.3) is 11.0 Å². The number of nitrogens with one attached hydrogen (secondary N) is 1. The summed E-state index contributed by atoms with van der Waals surface area (Å²) in [6.07, 6.45) is 1.62. The molecular formula is C12H14FN3. The molecule has 0 bridgehead atoms. The van der Waals surface area contributed by atoms with Crippen molar-refractivity contribution < 1.29 is 4.39 Å². The number of halogens is 1. The third-order valence-electron chi connectivity index (χ3n) is 2.41. The zero-order chi connectivity index (χ0) is 11.7. The number of aromatic nitrogens is 2. The lowest BCUT2D eigenvalue weighted by molar-refractivity contribution is 0.636. The highest BCUT2D eigenvalue weighted by Crippen LogP contribution is 2.20. The third kappa shape index (κ3) is 1.83. The quantitative estimate of drug-likeness (QED) is 0.775. The summed E-state index contributed by atoms with van der Waals surface area (Å²) in [5, 5.41) is 0. The van der Waals surface area contributed by atoms with E-state index in [2.05, 4.69) is 15.0 Å². The van der Waals surface area contributed by atoms with Crippen molar-refractivity contribution in [3.8, 4) is 0 Å². The molecule has 3 nitrogen and oxygen atoms in total. The van der Waals surface area contributed by atoms with Gasteiger partial charge in [0.05, 0.1) is 5.52 Å². The molecule has 16 heavy (non-hydrogen) atoms. The highest BCUT2D eigenvalue weighted by molar-refractivity contribution is 5.87. The van der Waals surface area contributed by atoms with Crippen molar-refractivity contribution in [2.45, 2.75) is 19.8 Å². The number of benzene rings is 1. The number of aromatic amines is 1. The van der Waals surface area contributed by atoms with Crippen molar-refractivity contribution in [3.05, 3.63) is 29.3 Å². The molecule has 4 heteroatoms. The number of nitrogens with zero attached hydrogens (tertiary/aromatic N) is 2. The van der Waals surface area contributed by atoms with Crippen LogP contribution in [0.4, 0.5) is 4.39 Å². The van der Waals surface area contributed by atoms with Gasteiger partial charge < -0.3 is 4.98 Å². The second kappa shape index (κ2) is 4.04. The van der Waals surface area contributed by atoms with Crippen LogP contribution in [0.1, 0.15) is 31.2 Å². The van der Waals surface area contributed by atoms with Crippen LogP contribution in [0.2, 0.25) is 0 Å². The molecule has 2 aromatic rings. The van der Waals surface area contributed by atoms with E-state index in [9.17, 15) is 4.39 Å². The first-order valence-electron chi connectivity index (χ1n) is 5.23. The van der Waals surface area contributed by atoms with Gasteiger partial charge in [-0.2, -0.15) is 0 Å². The Hall–Kier alpha value is -1.71. The summed E-state index contributed by atoms with van der Waals surface area (Å²) in [5.74, 6) is 0.779. The Labute approximate surface area is 93.4 Å². The first-order valence-corrected chi connectivity index (χ1v) is 5.23. The summed E-state index contributed by atoms with van der Waals surface area (Å²) in [7, 11) is 1.66. The van der Waals surface area contributed by atoms with Gasteiger partial charge in [0.25, 0.3) is 0 Å². The number of H-pyrrole nitrogens is 1. The number of imidazole rings is 1. The number of rotatable bonds is 2. The molecule has 2 rings (SSSR count). The lowest BCUT2D eigenvalue weighted by Crippen LogP contribution is -1.88. The fraction of sp³-hybridized carbons (Fsp3) is 0.333. The van der Waals surface area contributed by atoms with E-state index in [1.54, 1.807) is 13.3 Å². The summed E-state index contributed by atoms with van der Waals surface area (Å²) >= 11 is 0. The molecule has 0 atom stereocenters. The molecule has 0 fully saturated rings. The lowest BCUT2D eigenvalue weighted by atomic mass is 10.2. The molecule has 0 aliphatic heterocycles. The third-order valence-corrected chi connectivity index (χ3v) is 2.41. The Bertz CT molecular complexity index is 540. The molecule has 1 aromatic carbocycles. The standard InChI is InChI=1S/C12H14FN3/c1-7(2)12-15-10-5-8(6-14-3)4-9(13)11(10)16-12/h4-7H,1-3H3,(H,15,16)/b14-6+. The lowest BCUT2D eigenvalue weighted by Gasteiger charge is -1.96. The van der Waals surface area contributed by atoms with E-state index in [4.69, 9.17) is 0 Å². The van der Waals surface area contributed by atoms with Gasteiger partial charge in [0.15, 0.2) is 0 Å². The Morgan fingerprint density at radius 2 is 2.19 bits per heavy atom. The minimum absolute atomic E-state index is 0.259. The Balaban J connectivity index is 2.63. The van der Waals surface area contributed by atoms with E-state index in [0.717, 1.165) is 11.4 Å². The van der Waals surface area contributed by atoms with Crippen molar-refractivity contribution in [2.24, 2.45) is 4.99 Å². The van der Waals surface area contributed by atoms with Gasteiger partial charge in [-0.3, -0.25) is 4.99 Å². The monoisotopic (exact) mass is 219 g/mol. The molecular weight excluding hydrogens is 205 g/mol. The molecule has 0 aliphatic rings. The van der Waals surface area contributed by atoms with E-state index in [-0.39, 0.29) is 11.7 Å². The Morgan fingerprint density at radius 1 is 1.44 bits per heavy atom. The van der Waals surface area contributed by atoms with Crippen LogP contribution in [-0.4, -0.2) is 23.2 Å². The normalized spacial score (nSPS) is 12.1. The molecule has 0 aliphatic carbocycles. The zero-order valence-corrected chi connectivity index (χ0v) is 9.58.